The third-order valence-corrected chi connectivity index (χ3v) is 12.5. The number of hydrogen-bond acceptors (Lipinski definition) is 53. The zero-order valence-corrected chi connectivity index (χ0v) is 72.9. The number of oxazole rings is 1. The lowest BCUT2D eigenvalue weighted by molar-refractivity contribution is 0.307. The molecule has 59 heteroatoms. The number of H-pyrrole nitrogens is 6. The van der Waals surface area contributed by atoms with Crippen LogP contribution in [-0.2, 0) is 0 Å². The first-order chi connectivity index (χ1) is 65.0. The van der Waals surface area contributed by atoms with Gasteiger partial charge in [-0.25, -0.2) is 58.8 Å². The fourth-order valence-electron chi connectivity index (χ4n) is 4.69. The smallest absolute Gasteiger partial charge is 0.213 e. The van der Waals surface area contributed by atoms with E-state index in [1.54, 1.807) is 218 Å². The molecule has 0 atom stereocenters. The zero-order valence-electron chi connectivity index (χ0n) is 67.1. The molecule has 0 bridgehead atoms. The molecule has 25 aromatic rings. The van der Waals surface area contributed by atoms with Gasteiger partial charge in [-0.1, -0.05) is 48.5 Å². The van der Waals surface area contributed by atoms with Gasteiger partial charge in [0.05, 0.1) is 98.1 Å². The Morgan fingerprint density at radius 3 is 1.16 bits per heavy atom. The number of nitrogens with one attached hydrogen (secondary N) is 6. The van der Waals surface area contributed by atoms with Gasteiger partial charge in [-0.05, 0) is 118 Å². The summed E-state index contributed by atoms with van der Waals surface area (Å²) < 4.78 is 48.5. The van der Waals surface area contributed by atoms with Gasteiger partial charge in [0.15, 0.2) is 19.0 Å². The molecule has 130 heavy (non-hydrogen) atoms. The first kappa shape index (κ1) is 110. The maximum absolute atomic E-state index is 4.58. The van der Waals surface area contributed by atoms with Crippen LogP contribution in [0.2, 0.25) is 0 Å². The molecule has 0 aliphatic heterocycles. The third kappa shape index (κ3) is 104. The molecule has 0 radical (unpaired) electrons. The van der Waals surface area contributed by atoms with E-state index in [-0.39, 0.29) is 0 Å². The highest BCUT2D eigenvalue weighted by molar-refractivity contribution is 7.08. The van der Waals surface area contributed by atoms with E-state index in [0.29, 0.717) is 0 Å². The molecule has 0 fully saturated rings. The fourth-order valence-corrected chi connectivity index (χ4v) is 6.94. The van der Waals surface area contributed by atoms with Crippen LogP contribution in [0.4, 0.5) is 0 Å². The third-order valence-electron chi connectivity index (χ3n) is 9.15. The van der Waals surface area contributed by atoms with Gasteiger partial charge in [-0.15, -0.1) is 63.5 Å². The van der Waals surface area contributed by atoms with Gasteiger partial charge >= 0.3 is 0 Å². The number of aromatic amines is 6. The molecule has 25 heterocycles. The molecule has 0 saturated carbocycles. The van der Waals surface area contributed by atoms with Crippen LogP contribution in [0.1, 0.15) is 0 Å². The number of hydrogen-bond donors (Lipinski definition) is 6. The largest absolute Gasteiger partial charge is 0.473 e. The number of nitrogens with zero attached hydrogens (tertiary/aromatic N) is 39. The number of tetrazole rings is 1. The van der Waals surface area contributed by atoms with E-state index in [1.165, 1.54) is 178 Å². The van der Waals surface area contributed by atoms with E-state index < -0.39 is 0 Å². The minimum Gasteiger partial charge on any atom is -0.473 e. The number of pyridine rings is 1. The number of aromatic nitrogens is 45. The van der Waals surface area contributed by atoms with Crippen LogP contribution < -0.4 is 0 Å². The van der Waals surface area contributed by atoms with Crippen LogP contribution in [-0.4, -0.2) is 225 Å². The summed E-state index contributed by atoms with van der Waals surface area (Å²) in [6.45, 7) is 0. The van der Waals surface area contributed by atoms with Gasteiger partial charge in [0.1, 0.15) is 79.6 Å². The molecule has 0 aromatic carbocycles. The van der Waals surface area contributed by atoms with E-state index in [4.69, 9.17) is 0 Å². The van der Waals surface area contributed by atoms with Crippen molar-refractivity contribution in [2.75, 3.05) is 0 Å². The lowest BCUT2D eigenvalue weighted by Crippen LogP contribution is -1.73. The van der Waals surface area contributed by atoms with Crippen LogP contribution in [0.15, 0.2) is 465 Å². The average molecular weight is 1900 g/mol. The summed E-state index contributed by atoms with van der Waals surface area (Å²) in [5.41, 5.74) is 6.83. The summed E-state index contributed by atoms with van der Waals surface area (Å²) in [6.07, 6.45) is 74.1. The van der Waals surface area contributed by atoms with Gasteiger partial charge in [-0.2, -0.15) is 65.5 Å². The number of rotatable bonds is 0. The minimum atomic E-state index is 1.21. The van der Waals surface area contributed by atoms with Crippen LogP contribution in [0.5, 0.6) is 0 Å². The molecule has 670 valence electrons. The van der Waals surface area contributed by atoms with Gasteiger partial charge in [0.25, 0.3) is 0 Å². The number of furan rings is 1. The molecule has 0 aliphatic carbocycles. The van der Waals surface area contributed by atoms with Gasteiger partial charge in [0, 0.05) is 133 Å². The Bertz CT molecular complexity index is 3530. The highest BCUT2D eigenvalue weighted by Gasteiger charge is 1.71. The molecule has 0 aliphatic rings. The molecule has 25 aromatic heterocycles. The van der Waals surface area contributed by atoms with Crippen molar-refractivity contribution < 1.29 is 31.4 Å². The molecule has 52 nitrogen and oxygen atoms in total. The van der Waals surface area contributed by atoms with Crippen molar-refractivity contribution in [2.24, 2.45) is 0 Å². The van der Waals surface area contributed by atoms with Gasteiger partial charge in [-0.3, -0.25) is 30.1 Å². The van der Waals surface area contributed by atoms with Crippen molar-refractivity contribution in [1.29, 1.82) is 0 Å². The van der Waals surface area contributed by atoms with E-state index >= 15 is 0 Å². The topological polar surface area (TPSA) is 689 Å². The zero-order chi connectivity index (χ0) is 91.9. The predicted molar refractivity (Wildman–Crippen MR) is 472 cm³/mol. The predicted octanol–water partition coefficient (Wildman–Crippen LogP) is 12.1. The monoisotopic (exact) mass is 1900 g/mol. The summed E-state index contributed by atoms with van der Waals surface area (Å²) in [6, 6.07) is 28.2. The summed E-state index contributed by atoms with van der Waals surface area (Å²) >= 11 is 10.2. The molecular weight excluding hydrogens is 1820 g/mol. The molecule has 0 saturated heterocycles. The Morgan fingerprint density at radius 1 is 0.238 bits per heavy atom. The fraction of sp³-hybridized carbons (Fsp3) is 0. The Kier molecular flexibility index (Phi) is 90.5. The first-order valence-corrected chi connectivity index (χ1v) is 40.7. The summed E-state index contributed by atoms with van der Waals surface area (Å²) in [4.78, 5) is 56.5. The van der Waals surface area contributed by atoms with Crippen molar-refractivity contribution in [3.63, 3.8) is 0 Å². The molecule has 6 N–H and O–H groups in total. The van der Waals surface area contributed by atoms with Crippen LogP contribution in [0, 0.1) is 0 Å². The molecular formula is C71H77N45O7S7. The summed E-state index contributed by atoms with van der Waals surface area (Å²) in [5.74, 6) is 0. The lowest BCUT2D eigenvalue weighted by atomic mass is 10.5. The Balaban J connectivity index is 0.000000677. The van der Waals surface area contributed by atoms with E-state index in [1.807, 2.05) is 118 Å². The van der Waals surface area contributed by atoms with Crippen LogP contribution in [0.3, 0.4) is 0 Å². The van der Waals surface area contributed by atoms with E-state index in [2.05, 4.69) is 256 Å². The molecule has 0 unspecified atom stereocenters. The van der Waals surface area contributed by atoms with Crippen molar-refractivity contribution in [1.82, 2.24) is 225 Å². The molecule has 0 amide bonds. The Hall–Kier alpha value is -18.1. The van der Waals surface area contributed by atoms with Crippen LogP contribution >= 0.6 is 80.3 Å². The molecule has 25 rings (SSSR count). The van der Waals surface area contributed by atoms with Gasteiger partial charge < -0.3 is 36.8 Å². The summed E-state index contributed by atoms with van der Waals surface area (Å²) in [5, 5.41) is 87.1. The lowest BCUT2D eigenvalue weighted by Gasteiger charge is -1.70. The second-order valence-electron chi connectivity index (χ2n) is 17.8. The van der Waals surface area contributed by atoms with Crippen molar-refractivity contribution in [3.05, 3.63) is 434 Å². The normalized spacial score (nSPS) is 8.00. The number of imidazole rings is 1. The minimum absolute atomic E-state index is 1.21. The second-order valence-corrected chi connectivity index (χ2v) is 22.6. The maximum atomic E-state index is 4.58. The van der Waals surface area contributed by atoms with Crippen LogP contribution in [0.25, 0.3) is 0 Å². The molecule has 0 spiro atoms. The highest BCUT2D eigenvalue weighted by Crippen LogP contribution is 1.92. The summed E-state index contributed by atoms with van der Waals surface area (Å²) in [7, 11) is 0. The van der Waals surface area contributed by atoms with Crippen molar-refractivity contribution >= 4 is 80.3 Å². The Morgan fingerprint density at radius 2 is 0.969 bits per heavy atom. The average Bonchev–Trinajstić information content (AvgIpc) is 2.08. The number of thiophene rings is 1. The SMILES string of the molecule is c1c[nH]cn1.c1cc[nH]c1.c1ccncc1.c1ccnnc1.c1ccoc1.c1ccsc1.c1cn[nH]c1.c1cn[nH]n1.c1cnccn1.c1cncnc1.c1cnoc1.c1cnon1.c1cnsc1.c1cnsn1.c1cocn1.c1conn1.c1cscn1.c1csnn1.c1nc[nH]n1.c1ncncn1.c1ncon1.c1ncsn1.c1nn[nH]n1.c1nnco1.c1nncs1. The standard InChI is InChI=1S/C5H5N.3C4H4N2.C4H5N.C4H4O.C4H4S.C3H3N3.2C3H4N2.2C3H3NO.2C3H3NS.2C2H3N3.4C2H2N2O.4C2H2N2S.CH2N4/c1-2-4-6-5-3-1;1-2-6-4-3-5-1;1-2-5-4-6-3-1;1-2-4-6-5-3-1;3*1-2-4-5-3-1;1-4-2-6-3-5-1;1-2-5-3-4-1;1-2-4-5-3-1;1-2-5-3-4-1;1-2-4-5-3-1;1-2-5-3-4-1;1-2-4-5-3-1;1-3-2-5-4-1;1-2-4-5-3-1;1-3-4-2-5-1;1-3-2-5-4-1;1-2-5-4-3-1;1-2-4-5-3-1;1-3-4-2-5-1;1-3-2-5-4-1;1-2-5-4-3-1;2*1-2-4-5-3-1/h1-5H;3*1-4H;1-5H;2*1-4H;1-3H;2*1-3H,(H,4,5);4*1-3H;2*1-2H,(H,3,4,5);8*1-2H;1H,(H,2,3,4,5). The van der Waals surface area contributed by atoms with E-state index in [9.17, 15) is 0 Å². The Labute approximate surface area is 765 Å². The van der Waals surface area contributed by atoms with E-state index in [0.717, 1.165) is 0 Å². The quantitative estimate of drug-likeness (QED) is 0.0821. The van der Waals surface area contributed by atoms with Gasteiger partial charge in [0.2, 0.25) is 19.2 Å². The first-order valence-electron chi connectivity index (χ1n) is 34.6. The number of thiazole rings is 1. The maximum Gasteiger partial charge on any atom is 0.213 e. The second kappa shape index (κ2) is 107. The van der Waals surface area contributed by atoms with Crippen molar-refractivity contribution in [2.45, 2.75) is 0 Å². The highest BCUT2D eigenvalue weighted by atomic mass is 32.1. The van der Waals surface area contributed by atoms with Crippen molar-refractivity contribution in [3.8, 4) is 0 Å².